The normalized spacial score (nSPS) is 16.1. The number of hydrogen-bond donors (Lipinski definition) is 1. The summed E-state index contributed by atoms with van der Waals surface area (Å²) in [6.45, 7) is 5.28. The minimum absolute atomic E-state index is 0.0180. The zero-order valence-electron chi connectivity index (χ0n) is 12.4. The van der Waals surface area contributed by atoms with Gasteiger partial charge < -0.3 is 10.2 Å². The SMILES string of the molecule is CC(C)[C@@H](NC(=O)c1cccc(F)c1)C(=O)N1CCCC1. The summed E-state index contributed by atoms with van der Waals surface area (Å²) < 4.78 is 13.2. The molecule has 0 aliphatic carbocycles. The predicted molar refractivity (Wildman–Crippen MR) is 78.3 cm³/mol. The fourth-order valence-electron chi connectivity index (χ4n) is 2.50. The van der Waals surface area contributed by atoms with Crippen LogP contribution in [0, 0.1) is 11.7 Å². The highest BCUT2D eigenvalue weighted by atomic mass is 19.1. The Morgan fingerprint density at radius 2 is 1.90 bits per heavy atom. The Labute approximate surface area is 124 Å². The first-order chi connectivity index (χ1) is 9.99. The average Bonchev–Trinajstić information content (AvgIpc) is 2.97. The number of carbonyl (C=O) groups is 2. The molecule has 1 saturated heterocycles. The summed E-state index contributed by atoms with van der Waals surface area (Å²) in [5.41, 5.74) is 0.231. The lowest BCUT2D eigenvalue weighted by molar-refractivity contribution is -0.133. The molecule has 2 amide bonds. The van der Waals surface area contributed by atoms with Gasteiger partial charge >= 0.3 is 0 Å². The molecule has 0 saturated carbocycles. The van der Waals surface area contributed by atoms with Crippen molar-refractivity contribution >= 4 is 11.8 Å². The van der Waals surface area contributed by atoms with Gasteiger partial charge in [0.15, 0.2) is 0 Å². The molecule has 2 rings (SSSR count). The van der Waals surface area contributed by atoms with Crippen molar-refractivity contribution in [1.82, 2.24) is 10.2 Å². The molecule has 1 heterocycles. The third-order valence-electron chi connectivity index (χ3n) is 3.72. The summed E-state index contributed by atoms with van der Waals surface area (Å²) >= 11 is 0. The van der Waals surface area contributed by atoms with E-state index in [0.717, 1.165) is 25.9 Å². The molecule has 1 aliphatic rings. The molecule has 1 aliphatic heterocycles. The number of carbonyl (C=O) groups excluding carboxylic acids is 2. The Kier molecular flexibility index (Phi) is 4.94. The molecule has 0 unspecified atom stereocenters. The maximum Gasteiger partial charge on any atom is 0.252 e. The van der Waals surface area contributed by atoms with E-state index in [9.17, 15) is 14.0 Å². The monoisotopic (exact) mass is 292 g/mol. The maximum atomic E-state index is 13.2. The largest absolute Gasteiger partial charge is 0.341 e. The third kappa shape index (κ3) is 3.80. The number of amides is 2. The van der Waals surface area contributed by atoms with E-state index in [1.165, 1.54) is 24.3 Å². The van der Waals surface area contributed by atoms with E-state index in [-0.39, 0.29) is 17.4 Å². The summed E-state index contributed by atoms with van der Waals surface area (Å²) in [6.07, 6.45) is 2.02. The van der Waals surface area contributed by atoms with Crippen LogP contribution in [0.4, 0.5) is 4.39 Å². The predicted octanol–water partition coefficient (Wildman–Crippen LogP) is 2.20. The second kappa shape index (κ2) is 6.70. The van der Waals surface area contributed by atoms with Gasteiger partial charge in [0.1, 0.15) is 11.9 Å². The van der Waals surface area contributed by atoms with Gasteiger partial charge in [-0.1, -0.05) is 19.9 Å². The fourth-order valence-corrected chi connectivity index (χ4v) is 2.50. The molecule has 5 heteroatoms. The van der Waals surface area contributed by atoms with E-state index in [1.807, 2.05) is 13.8 Å². The van der Waals surface area contributed by atoms with E-state index in [2.05, 4.69) is 5.32 Å². The molecule has 0 aromatic heterocycles. The summed E-state index contributed by atoms with van der Waals surface area (Å²) in [7, 11) is 0. The van der Waals surface area contributed by atoms with Crippen LogP contribution < -0.4 is 5.32 Å². The first-order valence-corrected chi connectivity index (χ1v) is 7.34. The highest BCUT2D eigenvalue weighted by Gasteiger charge is 2.30. The van der Waals surface area contributed by atoms with Crippen LogP contribution >= 0.6 is 0 Å². The van der Waals surface area contributed by atoms with E-state index in [4.69, 9.17) is 0 Å². The first-order valence-electron chi connectivity index (χ1n) is 7.34. The number of benzene rings is 1. The van der Waals surface area contributed by atoms with Crippen molar-refractivity contribution in [2.75, 3.05) is 13.1 Å². The molecule has 1 atom stereocenters. The Bertz CT molecular complexity index is 525. The smallest absolute Gasteiger partial charge is 0.252 e. The van der Waals surface area contributed by atoms with Crippen molar-refractivity contribution in [2.24, 2.45) is 5.92 Å². The molecule has 0 radical (unpaired) electrons. The Balaban J connectivity index is 2.09. The van der Waals surface area contributed by atoms with Gasteiger partial charge in [0, 0.05) is 18.7 Å². The molecule has 114 valence electrons. The highest BCUT2D eigenvalue weighted by Crippen LogP contribution is 2.14. The lowest BCUT2D eigenvalue weighted by Crippen LogP contribution is -2.50. The lowest BCUT2D eigenvalue weighted by Gasteiger charge is -2.26. The van der Waals surface area contributed by atoms with Crippen molar-refractivity contribution in [2.45, 2.75) is 32.7 Å². The number of rotatable bonds is 4. The van der Waals surface area contributed by atoms with E-state index >= 15 is 0 Å². The van der Waals surface area contributed by atoms with Gasteiger partial charge in [0.2, 0.25) is 5.91 Å². The summed E-state index contributed by atoms with van der Waals surface area (Å²) in [5.74, 6) is -0.946. The van der Waals surface area contributed by atoms with Crippen LogP contribution in [0.1, 0.15) is 37.0 Å². The Morgan fingerprint density at radius 3 is 2.48 bits per heavy atom. The van der Waals surface area contributed by atoms with Crippen molar-refractivity contribution in [1.29, 1.82) is 0 Å². The van der Waals surface area contributed by atoms with E-state index in [1.54, 1.807) is 4.90 Å². The molecule has 1 N–H and O–H groups in total. The highest BCUT2D eigenvalue weighted by molar-refractivity contribution is 5.97. The van der Waals surface area contributed by atoms with Gasteiger partial charge in [-0.15, -0.1) is 0 Å². The second-order valence-corrected chi connectivity index (χ2v) is 5.74. The quantitative estimate of drug-likeness (QED) is 0.925. The number of nitrogens with zero attached hydrogens (tertiary/aromatic N) is 1. The molecule has 1 aromatic carbocycles. The summed E-state index contributed by atoms with van der Waals surface area (Å²) in [6, 6.07) is 4.91. The number of likely N-dealkylation sites (tertiary alicyclic amines) is 1. The van der Waals surface area contributed by atoms with Gasteiger partial charge in [-0.25, -0.2) is 4.39 Å². The fraction of sp³-hybridized carbons (Fsp3) is 0.500. The maximum absolute atomic E-state index is 13.2. The topological polar surface area (TPSA) is 49.4 Å². The zero-order chi connectivity index (χ0) is 15.4. The first kappa shape index (κ1) is 15.5. The number of nitrogens with one attached hydrogen (secondary N) is 1. The van der Waals surface area contributed by atoms with Gasteiger partial charge in [0.05, 0.1) is 0 Å². The molecule has 4 nitrogen and oxygen atoms in total. The molecule has 1 aromatic rings. The molecular weight excluding hydrogens is 271 g/mol. The number of hydrogen-bond acceptors (Lipinski definition) is 2. The minimum atomic E-state index is -0.570. The van der Waals surface area contributed by atoms with Gasteiger partial charge in [0.25, 0.3) is 5.91 Å². The average molecular weight is 292 g/mol. The van der Waals surface area contributed by atoms with Crippen LogP contribution in [0.5, 0.6) is 0 Å². The van der Waals surface area contributed by atoms with Crippen LogP contribution in [-0.2, 0) is 4.79 Å². The van der Waals surface area contributed by atoms with Crippen LogP contribution in [0.3, 0.4) is 0 Å². The van der Waals surface area contributed by atoms with Crippen LogP contribution in [0.2, 0.25) is 0 Å². The molecular formula is C16H21FN2O2. The number of halogens is 1. The summed E-state index contributed by atoms with van der Waals surface area (Å²) in [4.78, 5) is 26.4. The Morgan fingerprint density at radius 1 is 1.24 bits per heavy atom. The lowest BCUT2D eigenvalue weighted by atomic mass is 10.0. The molecule has 21 heavy (non-hydrogen) atoms. The zero-order valence-corrected chi connectivity index (χ0v) is 12.4. The van der Waals surface area contributed by atoms with Crippen LogP contribution in [0.15, 0.2) is 24.3 Å². The van der Waals surface area contributed by atoms with E-state index < -0.39 is 17.8 Å². The van der Waals surface area contributed by atoms with Crippen molar-refractivity contribution in [3.8, 4) is 0 Å². The Hall–Kier alpha value is -1.91. The van der Waals surface area contributed by atoms with Gasteiger partial charge in [-0.3, -0.25) is 9.59 Å². The second-order valence-electron chi connectivity index (χ2n) is 5.74. The standard InChI is InChI=1S/C16H21FN2O2/c1-11(2)14(16(21)19-8-3-4-9-19)18-15(20)12-6-5-7-13(17)10-12/h5-7,10-11,14H,3-4,8-9H2,1-2H3,(H,18,20)/t14-/m1/s1. The third-order valence-corrected chi connectivity index (χ3v) is 3.72. The molecule has 0 spiro atoms. The van der Waals surface area contributed by atoms with Crippen molar-refractivity contribution in [3.63, 3.8) is 0 Å². The minimum Gasteiger partial charge on any atom is -0.341 e. The molecule has 0 bridgehead atoms. The van der Waals surface area contributed by atoms with Crippen LogP contribution in [-0.4, -0.2) is 35.8 Å². The molecule has 1 fully saturated rings. The summed E-state index contributed by atoms with van der Waals surface area (Å²) in [5, 5.41) is 2.74. The van der Waals surface area contributed by atoms with Crippen molar-refractivity contribution in [3.05, 3.63) is 35.6 Å². The van der Waals surface area contributed by atoms with Gasteiger partial charge in [-0.05, 0) is 37.0 Å². The van der Waals surface area contributed by atoms with Gasteiger partial charge in [-0.2, -0.15) is 0 Å². The van der Waals surface area contributed by atoms with Crippen molar-refractivity contribution < 1.29 is 14.0 Å². The van der Waals surface area contributed by atoms with Crippen LogP contribution in [0.25, 0.3) is 0 Å². The van der Waals surface area contributed by atoms with E-state index in [0.29, 0.717) is 0 Å².